The van der Waals surface area contributed by atoms with Crippen molar-refractivity contribution in [2.24, 2.45) is 7.05 Å². The first-order valence-corrected chi connectivity index (χ1v) is 11.2. The number of amides is 2. The van der Waals surface area contributed by atoms with E-state index in [-0.39, 0.29) is 41.8 Å². The number of nitrogens with one attached hydrogen (secondary N) is 1. The number of oxazole rings is 1. The van der Waals surface area contributed by atoms with Crippen molar-refractivity contribution in [2.75, 3.05) is 0 Å². The molecule has 2 aromatic carbocycles. The maximum atomic E-state index is 13.2. The molecular weight excluding hydrogens is 422 g/mol. The fourth-order valence-corrected chi connectivity index (χ4v) is 5.62. The number of imide groups is 1. The van der Waals surface area contributed by atoms with Crippen LogP contribution in [0.15, 0.2) is 50.5 Å². The van der Waals surface area contributed by atoms with Gasteiger partial charge in [0.2, 0.25) is 21.8 Å². The molecule has 2 aliphatic rings. The van der Waals surface area contributed by atoms with Crippen LogP contribution in [0.1, 0.15) is 35.4 Å². The van der Waals surface area contributed by atoms with Crippen molar-refractivity contribution in [3.05, 3.63) is 63.6 Å². The standard InChI is InChI=1S/C21H19N3O6S/c1-23-17-6-4-15(9-18(17)30-21(23)27)31(28,29)24-10-13-3-2-12(8-14(13)11-24)16-5-7-19(25)22-20(16)26/h2-4,6,8-9,16H,5,7,10-11H2,1H3,(H,22,25,26). The van der Waals surface area contributed by atoms with Gasteiger partial charge in [-0.1, -0.05) is 18.2 Å². The third kappa shape index (κ3) is 3.19. The minimum atomic E-state index is -3.82. The first-order valence-electron chi connectivity index (χ1n) is 9.79. The molecule has 1 N–H and O–H groups in total. The number of hydrogen-bond acceptors (Lipinski definition) is 6. The Balaban J connectivity index is 1.43. The smallest absolute Gasteiger partial charge is 0.408 e. The number of fused-ring (bicyclic) bond motifs is 2. The first-order chi connectivity index (χ1) is 14.7. The monoisotopic (exact) mass is 441 g/mol. The third-order valence-corrected chi connectivity index (χ3v) is 7.75. The summed E-state index contributed by atoms with van der Waals surface area (Å²) < 4.78 is 34.2. The van der Waals surface area contributed by atoms with Crippen molar-refractivity contribution in [2.45, 2.75) is 36.7 Å². The summed E-state index contributed by atoms with van der Waals surface area (Å²) in [4.78, 5) is 35.3. The van der Waals surface area contributed by atoms with Crippen molar-refractivity contribution < 1.29 is 22.4 Å². The van der Waals surface area contributed by atoms with Crippen molar-refractivity contribution >= 4 is 32.9 Å². The highest BCUT2D eigenvalue weighted by Crippen LogP contribution is 2.33. The zero-order valence-corrected chi connectivity index (χ0v) is 17.4. The number of carbonyl (C=O) groups is 2. The molecule has 3 aromatic rings. The Morgan fingerprint density at radius 1 is 1.03 bits per heavy atom. The average Bonchev–Trinajstić information content (AvgIpc) is 3.28. The lowest BCUT2D eigenvalue weighted by atomic mass is 9.89. The van der Waals surface area contributed by atoms with Crippen LogP contribution in [0.5, 0.6) is 0 Å². The van der Waals surface area contributed by atoms with Crippen LogP contribution in [0.4, 0.5) is 0 Å². The molecule has 1 aromatic heterocycles. The molecule has 5 rings (SSSR count). The summed E-state index contributed by atoms with van der Waals surface area (Å²) in [5.41, 5.74) is 3.20. The van der Waals surface area contributed by atoms with Gasteiger partial charge in [-0.3, -0.25) is 19.5 Å². The molecule has 2 amide bonds. The molecule has 31 heavy (non-hydrogen) atoms. The van der Waals surface area contributed by atoms with E-state index in [0.29, 0.717) is 11.9 Å². The topological polar surface area (TPSA) is 119 Å². The number of benzene rings is 2. The summed E-state index contributed by atoms with van der Waals surface area (Å²) in [6, 6.07) is 9.89. The highest BCUT2D eigenvalue weighted by atomic mass is 32.2. The van der Waals surface area contributed by atoms with Crippen LogP contribution in [0.25, 0.3) is 11.1 Å². The molecule has 1 fully saturated rings. The fraction of sp³-hybridized carbons (Fsp3) is 0.286. The minimum absolute atomic E-state index is 0.0487. The van der Waals surface area contributed by atoms with Crippen LogP contribution in [-0.2, 0) is 39.7 Å². The Morgan fingerprint density at radius 2 is 1.81 bits per heavy atom. The van der Waals surface area contributed by atoms with E-state index in [4.69, 9.17) is 4.42 Å². The molecule has 3 heterocycles. The second-order valence-corrected chi connectivity index (χ2v) is 9.80. The molecular formula is C21H19N3O6S. The van der Waals surface area contributed by atoms with Gasteiger partial charge in [0.25, 0.3) is 0 Å². The van der Waals surface area contributed by atoms with Gasteiger partial charge in [0.05, 0.1) is 16.3 Å². The van der Waals surface area contributed by atoms with Crippen LogP contribution in [0, 0.1) is 0 Å². The number of rotatable bonds is 3. The predicted molar refractivity (Wildman–Crippen MR) is 109 cm³/mol. The molecule has 1 atom stereocenters. The zero-order valence-electron chi connectivity index (χ0n) is 16.6. The van der Waals surface area contributed by atoms with E-state index in [0.717, 1.165) is 16.7 Å². The molecule has 0 spiro atoms. The quantitative estimate of drug-likeness (QED) is 0.613. The SMILES string of the molecule is Cn1c(=O)oc2cc(S(=O)(=O)N3Cc4ccc(C5CCC(=O)NC5=O)cc4C3)ccc21. The largest absolute Gasteiger partial charge is 0.419 e. The van der Waals surface area contributed by atoms with E-state index < -0.39 is 21.7 Å². The number of aromatic nitrogens is 1. The van der Waals surface area contributed by atoms with E-state index >= 15 is 0 Å². The van der Waals surface area contributed by atoms with E-state index in [9.17, 15) is 22.8 Å². The Morgan fingerprint density at radius 3 is 2.58 bits per heavy atom. The lowest BCUT2D eigenvalue weighted by Gasteiger charge is -2.21. The molecule has 160 valence electrons. The Kier molecular flexibility index (Phi) is 4.38. The van der Waals surface area contributed by atoms with Gasteiger partial charge in [-0.15, -0.1) is 0 Å². The Bertz CT molecular complexity index is 1420. The molecule has 1 unspecified atom stereocenters. The molecule has 0 bridgehead atoms. The zero-order chi connectivity index (χ0) is 21.9. The molecule has 2 aliphatic heterocycles. The van der Waals surface area contributed by atoms with Gasteiger partial charge in [-0.2, -0.15) is 4.31 Å². The lowest BCUT2D eigenvalue weighted by Crippen LogP contribution is -2.39. The van der Waals surface area contributed by atoms with Crippen LogP contribution < -0.4 is 11.1 Å². The molecule has 0 saturated carbocycles. The summed E-state index contributed by atoms with van der Waals surface area (Å²) in [5.74, 6) is -1.57. The van der Waals surface area contributed by atoms with Crippen molar-refractivity contribution in [3.8, 4) is 0 Å². The molecule has 9 nitrogen and oxygen atoms in total. The molecule has 0 aliphatic carbocycles. The van der Waals surface area contributed by atoms with Crippen LogP contribution in [-0.4, -0.2) is 29.1 Å². The van der Waals surface area contributed by atoms with Gasteiger partial charge in [0.1, 0.15) is 0 Å². The first kappa shape index (κ1) is 19.7. The Hall–Kier alpha value is -3.24. The third-order valence-electron chi connectivity index (χ3n) is 5.97. The highest BCUT2D eigenvalue weighted by Gasteiger charge is 2.33. The van der Waals surface area contributed by atoms with Gasteiger partial charge in [0.15, 0.2) is 5.58 Å². The lowest BCUT2D eigenvalue weighted by molar-refractivity contribution is -0.134. The maximum Gasteiger partial charge on any atom is 0.419 e. The van der Waals surface area contributed by atoms with E-state index in [1.54, 1.807) is 13.1 Å². The molecule has 0 radical (unpaired) electrons. The van der Waals surface area contributed by atoms with Crippen molar-refractivity contribution in [1.82, 2.24) is 14.2 Å². The van der Waals surface area contributed by atoms with Gasteiger partial charge in [0, 0.05) is 32.6 Å². The predicted octanol–water partition coefficient (Wildman–Crippen LogP) is 1.36. The fourth-order valence-electron chi connectivity index (χ4n) is 4.21. The normalized spacial score (nSPS) is 19.6. The summed E-state index contributed by atoms with van der Waals surface area (Å²) in [6.45, 7) is 0.389. The minimum Gasteiger partial charge on any atom is -0.408 e. The van der Waals surface area contributed by atoms with Crippen LogP contribution in [0.3, 0.4) is 0 Å². The summed E-state index contributed by atoms with van der Waals surface area (Å²) in [5, 5.41) is 2.35. The van der Waals surface area contributed by atoms with E-state index in [1.807, 2.05) is 18.2 Å². The maximum absolute atomic E-state index is 13.2. The van der Waals surface area contributed by atoms with E-state index in [2.05, 4.69) is 5.32 Å². The summed E-state index contributed by atoms with van der Waals surface area (Å²) in [6.07, 6.45) is 0.722. The average molecular weight is 441 g/mol. The van der Waals surface area contributed by atoms with Gasteiger partial charge in [-0.25, -0.2) is 13.2 Å². The summed E-state index contributed by atoms with van der Waals surface area (Å²) in [7, 11) is -2.26. The second kappa shape index (κ2) is 6.89. The molecule has 1 saturated heterocycles. The number of sulfonamides is 1. The highest BCUT2D eigenvalue weighted by molar-refractivity contribution is 7.89. The van der Waals surface area contributed by atoms with Gasteiger partial charge < -0.3 is 4.42 Å². The number of carbonyl (C=O) groups excluding carboxylic acids is 2. The molecule has 10 heteroatoms. The van der Waals surface area contributed by atoms with Gasteiger partial charge in [-0.05, 0) is 35.2 Å². The number of aryl methyl sites for hydroxylation is 1. The van der Waals surface area contributed by atoms with Crippen LogP contribution in [0.2, 0.25) is 0 Å². The number of hydrogen-bond donors (Lipinski definition) is 1. The van der Waals surface area contributed by atoms with E-state index in [1.165, 1.54) is 21.0 Å². The van der Waals surface area contributed by atoms with Crippen LogP contribution >= 0.6 is 0 Å². The second-order valence-electron chi connectivity index (χ2n) is 7.86. The van der Waals surface area contributed by atoms with Gasteiger partial charge >= 0.3 is 5.76 Å². The van der Waals surface area contributed by atoms with Crippen molar-refractivity contribution in [1.29, 1.82) is 0 Å². The van der Waals surface area contributed by atoms with Crippen molar-refractivity contribution in [3.63, 3.8) is 0 Å². The number of nitrogens with zero attached hydrogens (tertiary/aromatic N) is 2. The number of piperidine rings is 1. The Labute approximate surface area is 177 Å². The summed E-state index contributed by atoms with van der Waals surface area (Å²) >= 11 is 0.